The number of carbonyl (C=O) groups excluding carboxylic acids is 1. The lowest BCUT2D eigenvalue weighted by Gasteiger charge is -2.35. The molecule has 20 heavy (non-hydrogen) atoms. The Balaban J connectivity index is 1.74. The highest BCUT2D eigenvalue weighted by Gasteiger charge is 2.30. The Morgan fingerprint density at radius 1 is 1.20 bits per heavy atom. The predicted molar refractivity (Wildman–Crippen MR) is 72.7 cm³/mol. The van der Waals surface area contributed by atoms with E-state index in [1.807, 2.05) is 30.3 Å². The molecule has 0 unspecified atom stereocenters. The van der Waals surface area contributed by atoms with E-state index in [1.54, 1.807) is 23.2 Å². The molecule has 3 rings (SSSR count). The molecule has 1 aliphatic rings. The summed E-state index contributed by atoms with van der Waals surface area (Å²) in [5.41, 5.74) is 0.324. The normalized spacial score (nSPS) is 14.8. The lowest BCUT2D eigenvalue weighted by atomic mass is 10.1. The third-order valence-electron chi connectivity index (χ3n) is 3.08. The van der Waals surface area contributed by atoms with E-state index >= 15 is 0 Å². The molecular formula is C15H14N2O3. The summed E-state index contributed by atoms with van der Waals surface area (Å²) >= 11 is 0. The summed E-state index contributed by atoms with van der Waals surface area (Å²) in [6.07, 6.45) is 1.13. The Morgan fingerprint density at radius 2 is 1.95 bits per heavy atom. The molecule has 1 fully saturated rings. The Bertz CT molecular complexity index is 610. The van der Waals surface area contributed by atoms with Crippen molar-refractivity contribution in [1.82, 2.24) is 9.88 Å². The third kappa shape index (κ3) is 2.62. The van der Waals surface area contributed by atoms with Gasteiger partial charge in [-0.3, -0.25) is 9.78 Å². The first-order chi connectivity index (χ1) is 9.72. The molecule has 1 N–H and O–H groups in total. The van der Waals surface area contributed by atoms with E-state index in [0.29, 0.717) is 30.3 Å². The number of rotatable bonds is 3. The molecule has 102 valence electrons. The number of hydrogen-bond acceptors (Lipinski definition) is 4. The van der Waals surface area contributed by atoms with Crippen LogP contribution >= 0.6 is 0 Å². The molecule has 1 aromatic heterocycles. The maximum atomic E-state index is 12.1. The van der Waals surface area contributed by atoms with Crippen molar-refractivity contribution in [3.63, 3.8) is 0 Å². The van der Waals surface area contributed by atoms with Gasteiger partial charge in [0.2, 0.25) is 0 Å². The van der Waals surface area contributed by atoms with Crippen LogP contribution in [-0.4, -0.2) is 40.1 Å². The van der Waals surface area contributed by atoms with Gasteiger partial charge in [-0.1, -0.05) is 18.2 Å². The van der Waals surface area contributed by atoms with Crippen molar-refractivity contribution in [3.05, 3.63) is 54.4 Å². The fourth-order valence-corrected chi connectivity index (χ4v) is 2.00. The van der Waals surface area contributed by atoms with Crippen LogP contribution in [0.15, 0.2) is 48.7 Å². The van der Waals surface area contributed by atoms with Gasteiger partial charge in [0.05, 0.1) is 6.10 Å². The summed E-state index contributed by atoms with van der Waals surface area (Å²) in [7, 11) is 0. The van der Waals surface area contributed by atoms with Crippen molar-refractivity contribution < 1.29 is 14.6 Å². The molecule has 0 spiro atoms. The maximum absolute atomic E-state index is 12.1. The molecule has 0 bridgehead atoms. The van der Waals surface area contributed by atoms with Gasteiger partial charge in [0.15, 0.2) is 0 Å². The number of aromatic nitrogens is 1. The van der Waals surface area contributed by atoms with Crippen LogP contribution in [0.3, 0.4) is 0 Å². The summed E-state index contributed by atoms with van der Waals surface area (Å²) in [6, 6.07) is 12.7. The highest BCUT2D eigenvalue weighted by atomic mass is 16.5. The van der Waals surface area contributed by atoms with Gasteiger partial charge < -0.3 is 14.7 Å². The van der Waals surface area contributed by atoms with Crippen LogP contribution in [0, 0.1) is 0 Å². The zero-order valence-corrected chi connectivity index (χ0v) is 10.8. The largest absolute Gasteiger partial charge is 0.457 e. The molecule has 5 heteroatoms. The van der Waals surface area contributed by atoms with Crippen molar-refractivity contribution in [3.8, 4) is 11.5 Å². The average Bonchev–Trinajstić information content (AvgIpc) is 2.45. The summed E-state index contributed by atoms with van der Waals surface area (Å²) in [5.74, 6) is 1.08. The number of hydrogen-bond donors (Lipinski definition) is 1. The van der Waals surface area contributed by atoms with Gasteiger partial charge in [-0.25, -0.2) is 0 Å². The molecule has 1 amide bonds. The quantitative estimate of drug-likeness (QED) is 0.922. The zero-order chi connectivity index (χ0) is 13.9. The second-order valence-electron chi connectivity index (χ2n) is 4.66. The Kier molecular flexibility index (Phi) is 3.35. The predicted octanol–water partition coefficient (Wildman–Crippen LogP) is 1.69. The lowest BCUT2D eigenvalue weighted by molar-refractivity contribution is 0.00549. The highest BCUT2D eigenvalue weighted by Crippen LogP contribution is 2.22. The second-order valence-corrected chi connectivity index (χ2v) is 4.66. The van der Waals surface area contributed by atoms with Crippen molar-refractivity contribution in [2.75, 3.05) is 13.1 Å². The Morgan fingerprint density at radius 3 is 2.65 bits per heavy atom. The SMILES string of the molecule is O=C(c1cc(Oc2ccccc2)ccn1)N1CC(O)C1. The van der Waals surface area contributed by atoms with Crippen molar-refractivity contribution in [2.24, 2.45) is 0 Å². The zero-order valence-electron chi connectivity index (χ0n) is 10.8. The van der Waals surface area contributed by atoms with E-state index in [0.717, 1.165) is 0 Å². The molecule has 0 saturated carbocycles. The Labute approximate surface area is 116 Å². The van der Waals surface area contributed by atoms with Crippen LogP contribution in [0.25, 0.3) is 0 Å². The monoisotopic (exact) mass is 270 g/mol. The fourth-order valence-electron chi connectivity index (χ4n) is 2.00. The topological polar surface area (TPSA) is 62.7 Å². The maximum Gasteiger partial charge on any atom is 0.272 e. The van der Waals surface area contributed by atoms with Gasteiger partial charge in [-0.05, 0) is 18.2 Å². The van der Waals surface area contributed by atoms with Gasteiger partial charge in [0, 0.05) is 25.4 Å². The number of β-amino-alcohol motifs (C(OH)–C–C–N with tert-alkyl or cyclic N) is 1. The smallest absolute Gasteiger partial charge is 0.272 e. The van der Waals surface area contributed by atoms with Gasteiger partial charge in [0.1, 0.15) is 17.2 Å². The van der Waals surface area contributed by atoms with Crippen LogP contribution in [0.5, 0.6) is 11.5 Å². The number of benzene rings is 1. The van der Waals surface area contributed by atoms with Gasteiger partial charge >= 0.3 is 0 Å². The van der Waals surface area contributed by atoms with E-state index in [9.17, 15) is 9.90 Å². The molecular weight excluding hydrogens is 256 g/mol. The number of aliphatic hydroxyl groups excluding tert-OH is 1. The number of carbonyl (C=O) groups is 1. The van der Waals surface area contributed by atoms with Crippen LogP contribution in [0.2, 0.25) is 0 Å². The van der Waals surface area contributed by atoms with Crippen molar-refractivity contribution in [2.45, 2.75) is 6.10 Å². The fraction of sp³-hybridized carbons (Fsp3) is 0.200. The highest BCUT2D eigenvalue weighted by molar-refractivity contribution is 5.93. The third-order valence-corrected chi connectivity index (χ3v) is 3.08. The number of pyridine rings is 1. The van der Waals surface area contributed by atoms with E-state index in [1.165, 1.54) is 0 Å². The molecule has 2 heterocycles. The van der Waals surface area contributed by atoms with E-state index in [-0.39, 0.29) is 5.91 Å². The first kappa shape index (κ1) is 12.6. The average molecular weight is 270 g/mol. The molecule has 5 nitrogen and oxygen atoms in total. The number of amides is 1. The van der Waals surface area contributed by atoms with Crippen LogP contribution < -0.4 is 4.74 Å². The minimum absolute atomic E-state index is 0.186. The molecule has 1 saturated heterocycles. The van der Waals surface area contributed by atoms with Crippen molar-refractivity contribution >= 4 is 5.91 Å². The molecule has 0 atom stereocenters. The van der Waals surface area contributed by atoms with Crippen LogP contribution in [0.4, 0.5) is 0 Å². The molecule has 2 aromatic rings. The van der Waals surface area contributed by atoms with Crippen LogP contribution in [-0.2, 0) is 0 Å². The number of para-hydroxylation sites is 1. The second kappa shape index (κ2) is 5.30. The van der Waals surface area contributed by atoms with E-state index in [4.69, 9.17) is 4.74 Å². The molecule has 0 radical (unpaired) electrons. The first-order valence-electron chi connectivity index (χ1n) is 6.38. The van der Waals surface area contributed by atoms with Crippen molar-refractivity contribution in [1.29, 1.82) is 0 Å². The van der Waals surface area contributed by atoms with Gasteiger partial charge in [-0.2, -0.15) is 0 Å². The minimum atomic E-state index is -0.414. The lowest BCUT2D eigenvalue weighted by Crippen LogP contribution is -2.53. The number of aliphatic hydroxyl groups is 1. The summed E-state index contributed by atoms with van der Waals surface area (Å²) < 4.78 is 5.66. The summed E-state index contributed by atoms with van der Waals surface area (Å²) in [6.45, 7) is 0.731. The molecule has 1 aromatic carbocycles. The first-order valence-corrected chi connectivity index (χ1v) is 6.38. The minimum Gasteiger partial charge on any atom is -0.457 e. The van der Waals surface area contributed by atoms with E-state index in [2.05, 4.69) is 4.98 Å². The molecule has 1 aliphatic heterocycles. The van der Waals surface area contributed by atoms with Crippen LogP contribution in [0.1, 0.15) is 10.5 Å². The standard InChI is InChI=1S/C15H14N2O3/c18-11-9-17(10-11)15(19)14-8-13(6-7-16-14)20-12-4-2-1-3-5-12/h1-8,11,18H,9-10H2. The number of likely N-dealkylation sites (tertiary alicyclic amines) is 1. The number of nitrogens with zero attached hydrogens (tertiary/aromatic N) is 2. The number of ether oxygens (including phenoxy) is 1. The summed E-state index contributed by atoms with van der Waals surface area (Å²) in [5, 5.41) is 9.22. The van der Waals surface area contributed by atoms with Gasteiger partial charge in [0.25, 0.3) is 5.91 Å². The van der Waals surface area contributed by atoms with Gasteiger partial charge in [-0.15, -0.1) is 0 Å². The van der Waals surface area contributed by atoms with E-state index < -0.39 is 6.10 Å². The summed E-state index contributed by atoms with van der Waals surface area (Å²) in [4.78, 5) is 17.7. The Hall–Kier alpha value is -2.40. The molecule has 0 aliphatic carbocycles.